The molecule has 1 atom stereocenters. The molecule has 1 heterocycles. The highest BCUT2D eigenvalue weighted by Crippen LogP contribution is 2.21. The molecule has 0 saturated heterocycles. The van der Waals surface area contributed by atoms with E-state index < -0.39 is 9.73 Å². The molecular formula is C13H17N3O3S. The third kappa shape index (κ3) is 3.88. The van der Waals surface area contributed by atoms with Gasteiger partial charge in [-0.1, -0.05) is 5.16 Å². The number of hydrogen-bond acceptors (Lipinski definition) is 6. The predicted octanol–water partition coefficient (Wildman–Crippen LogP) is 2.42. The van der Waals surface area contributed by atoms with Crippen LogP contribution in [-0.2, 0) is 14.5 Å². The Labute approximate surface area is 118 Å². The van der Waals surface area contributed by atoms with Crippen LogP contribution in [0.1, 0.15) is 5.89 Å². The first-order chi connectivity index (χ1) is 9.50. The molecule has 0 aliphatic rings. The molecule has 0 fully saturated rings. The van der Waals surface area contributed by atoms with Crippen LogP contribution in [0.25, 0.3) is 11.4 Å². The second-order valence-electron chi connectivity index (χ2n) is 4.43. The lowest BCUT2D eigenvalue weighted by Crippen LogP contribution is -2.08. The third-order valence-electron chi connectivity index (χ3n) is 2.62. The van der Waals surface area contributed by atoms with E-state index >= 15 is 0 Å². The zero-order valence-electron chi connectivity index (χ0n) is 11.7. The standard InChI is InChI=1S/C13H17N3O3S/c1-10-14-13(15-19-10)11-4-6-12(7-5-11)16-20(3,17)9-8-18-2/h4-7H,8-9H2,1-3H3. The van der Waals surface area contributed by atoms with Gasteiger partial charge in [0.1, 0.15) is 0 Å². The van der Waals surface area contributed by atoms with Crippen molar-refractivity contribution in [2.24, 2.45) is 4.36 Å². The fraction of sp³-hybridized carbons (Fsp3) is 0.385. The van der Waals surface area contributed by atoms with Gasteiger partial charge < -0.3 is 9.26 Å². The second-order valence-corrected chi connectivity index (χ2v) is 6.94. The van der Waals surface area contributed by atoms with Crippen LogP contribution in [0.4, 0.5) is 5.69 Å². The molecule has 7 heteroatoms. The number of nitrogens with zero attached hydrogens (tertiary/aromatic N) is 3. The lowest BCUT2D eigenvalue weighted by molar-refractivity contribution is 0.218. The summed E-state index contributed by atoms with van der Waals surface area (Å²) < 4.78 is 26.3. The van der Waals surface area contributed by atoms with Crippen molar-refractivity contribution in [1.82, 2.24) is 10.1 Å². The number of hydrogen-bond donors (Lipinski definition) is 0. The summed E-state index contributed by atoms with van der Waals surface area (Å²) in [4.78, 5) is 4.14. The summed E-state index contributed by atoms with van der Waals surface area (Å²) in [5.41, 5.74) is 1.50. The molecule has 0 aliphatic heterocycles. The fourth-order valence-corrected chi connectivity index (χ4v) is 2.73. The first kappa shape index (κ1) is 14.7. The highest BCUT2D eigenvalue weighted by molar-refractivity contribution is 7.93. The maximum Gasteiger partial charge on any atom is 0.223 e. The van der Waals surface area contributed by atoms with Gasteiger partial charge in [-0.05, 0) is 24.3 Å². The Morgan fingerprint density at radius 3 is 2.60 bits per heavy atom. The van der Waals surface area contributed by atoms with Crippen LogP contribution < -0.4 is 0 Å². The van der Waals surface area contributed by atoms with Crippen molar-refractivity contribution in [3.63, 3.8) is 0 Å². The monoisotopic (exact) mass is 295 g/mol. The molecule has 1 aromatic carbocycles. The Morgan fingerprint density at radius 1 is 1.35 bits per heavy atom. The molecular weight excluding hydrogens is 278 g/mol. The summed E-state index contributed by atoms with van der Waals surface area (Å²) in [5, 5.41) is 3.84. The van der Waals surface area contributed by atoms with Gasteiger partial charge in [0, 0.05) is 25.9 Å². The molecule has 0 aliphatic carbocycles. The van der Waals surface area contributed by atoms with E-state index in [1.54, 1.807) is 32.4 Å². The number of rotatable bonds is 5. The minimum atomic E-state index is -2.27. The molecule has 0 saturated carbocycles. The molecule has 1 unspecified atom stereocenters. The maximum absolute atomic E-state index is 12.2. The van der Waals surface area contributed by atoms with Gasteiger partial charge >= 0.3 is 0 Å². The van der Waals surface area contributed by atoms with Gasteiger partial charge in [-0.25, -0.2) is 4.21 Å². The first-order valence-electron chi connectivity index (χ1n) is 6.10. The average molecular weight is 295 g/mol. The smallest absolute Gasteiger partial charge is 0.223 e. The van der Waals surface area contributed by atoms with E-state index in [2.05, 4.69) is 14.5 Å². The minimum Gasteiger partial charge on any atom is -0.384 e. The summed E-state index contributed by atoms with van der Waals surface area (Å²) >= 11 is 0. The lowest BCUT2D eigenvalue weighted by Gasteiger charge is -2.03. The van der Waals surface area contributed by atoms with Crippen LogP contribution >= 0.6 is 0 Å². The van der Waals surface area contributed by atoms with Gasteiger partial charge in [0.15, 0.2) is 0 Å². The van der Waals surface area contributed by atoms with Gasteiger partial charge in [-0.3, -0.25) is 0 Å². The van der Waals surface area contributed by atoms with Crippen molar-refractivity contribution in [1.29, 1.82) is 0 Å². The molecule has 108 valence electrons. The van der Waals surface area contributed by atoms with Gasteiger partial charge in [-0.2, -0.15) is 9.35 Å². The van der Waals surface area contributed by atoms with Crippen molar-refractivity contribution >= 4 is 15.4 Å². The number of aromatic nitrogens is 2. The average Bonchev–Trinajstić information content (AvgIpc) is 2.84. The van der Waals surface area contributed by atoms with E-state index in [0.717, 1.165) is 5.56 Å². The third-order valence-corrected chi connectivity index (χ3v) is 4.14. The highest BCUT2D eigenvalue weighted by Gasteiger charge is 2.06. The molecule has 0 amide bonds. The maximum atomic E-state index is 12.2. The molecule has 0 spiro atoms. The largest absolute Gasteiger partial charge is 0.384 e. The van der Waals surface area contributed by atoms with E-state index in [1.165, 1.54) is 0 Å². The normalized spacial score (nSPS) is 13.9. The summed E-state index contributed by atoms with van der Waals surface area (Å²) in [5.74, 6) is 1.46. The van der Waals surface area contributed by atoms with Gasteiger partial charge in [0.2, 0.25) is 11.7 Å². The molecule has 1 aromatic heterocycles. The Balaban J connectivity index is 2.20. The number of ether oxygens (including phenoxy) is 1. The number of aryl methyl sites for hydroxylation is 1. The van der Waals surface area contributed by atoms with Crippen LogP contribution in [0.5, 0.6) is 0 Å². The van der Waals surface area contributed by atoms with Gasteiger partial charge in [0.25, 0.3) is 0 Å². The summed E-state index contributed by atoms with van der Waals surface area (Å²) in [6.45, 7) is 2.17. The molecule has 2 aromatic rings. The predicted molar refractivity (Wildman–Crippen MR) is 77.4 cm³/mol. The Kier molecular flexibility index (Phi) is 4.51. The molecule has 6 nitrogen and oxygen atoms in total. The summed E-state index contributed by atoms with van der Waals surface area (Å²) in [6, 6.07) is 7.23. The molecule has 20 heavy (non-hydrogen) atoms. The Morgan fingerprint density at radius 2 is 2.05 bits per heavy atom. The van der Waals surface area contributed by atoms with Crippen LogP contribution in [0.15, 0.2) is 33.2 Å². The van der Waals surface area contributed by atoms with E-state index in [-0.39, 0.29) is 0 Å². The first-order valence-corrected chi connectivity index (χ1v) is 8.19. The fourth-order valence-electron chi connectivity index (χ4n) is 1.59. The molecule has 0 bridgehead atoms. The second kappa shape index (κ2) is 6.15. The van der Waals surface area contributed by atoms with E-state index in [9.17, 15) is 4.21 Å². The lowest BCUT2D eigenvalue weighted by atomic mass is 10.2. The van der Waals surface area contributed by atoms with Crippen molar-refractivity contribution < 1.29 is 13.5 Å². The van der Waals surface area contributed by atoms with Gasteiger partial charge in [0.05, 0.1) is 27.8 Å². The van der Waals surface area contributed by atoms with Crippen LogP contribution in [0.2, 0.25) is 0 Å². The molecule has 2 rings (SSSR count). The number of benzene rings is 1. The van der Waals surface area contributed by atoms with Crippen LogP contribution in [0, 0.1) is 6.92 Å². The van der Waals surface area contributed by atoms with E-state index in [4.69, 9.17) is 9.26 Å². The van der Waals surface area contributed by atoms with Crippen molar-refractivity contribution in [2.75, 3.05) is 25.7 Å². The SMILES string of the molecule is COCCS(C)(=O)=Nc1ccc(-c2noc(C)n2)cc1. The van der Waals surface area contributed by atoms with Crippen molar-refractivity contribution in [2.45, 2.75) is 6.92 Å². The zero-order chi connectivity index (χ0) is 14.6. The summed E-state index contributed by atoms with van der Waals surface area (Å²) in [7, 11) is -0.689. The van der Waals surface area contributed by atoms with Crippen LogP contribution in [0.3, 0.4) is 0 Å². The van der Waals surface area contributed by atoms with Crippen LogP contribution in [-0.4, -0.2) is 40.1 Å². The van der Waals surface area contributed by atoms with E-state index in [0.29, 0.717) is 29.8 Å². The summed E-state index contributed by atoms with van der Waals surface area (Å²) in [6.07, 6.45) is 1.63. The topological polar surface area (TPSA) is 77.6 Å². The Bertz CT molecular complexity index is 685. The van der Waals surface area contributed by atoms with Crippen molar-refractivity contribution in [3.8, 4) is 11.4 Å². The van der Waals surface area contributed by atoms with Gasteiger partial charge in [-0.15, -0.1) is 0 Å². The quantitative estimate of drug-likeness (QED) is 0.846. The molecule has 0 radical (unpaired) electrons. The molecule has 0 N–H and O–H groups in total. The van der Waals surface area contributed by atoms with Crippen molar-refractivity contribution in [3.05, 3.63) is 30.2 Å². The minimum absolute atomic E-state index is 0.412. The highest BCUT2D eigenvalue weighted by atomic mass is 32.2. The number of methoxy groups -OCH3 is 1. The van der Waals surface area contributed by atoms with E-state index in [1.807, 2.05) is 12.1 Å². The zero-order valence-corrected chi connectivity index (χ0v) is 12.5. The Hall–Kier alpha value is -1.73.